The number of para-hydroxylation sites is 1. The molecule has 8 rings (SSSR count). The molecule has 3 aromatic rings. The third-order valence-corrected chi connectivity index (χ3v) is 15.8. The van der Waals surface area contributed by atoms with Crippen molar-refractivity contribution in [2.75, 3.05) is 13.2 Å². The SMILES string of the molecule is C=C[C@@H]1CC[C@]1(NC(=O)[C@@H]1C[C@@H]2CN1C(=O)[C@H](C(C)(C)C)NC(=O)O[C@@H]1C[C@H]1CCCCCc1c(nc3c(F)cccc3c1OCCn1ccnc1)O2)C(=O)NS(=O)(=O)C1(C)CC1. The van der Waals surface area contributed by atoms with Crippen LogP contribution in [-0.2, 0) is 42.1 Å². The molecule has 18 heteroatoms. The monoisotopic (exact) mass is 891 g/mol. The minimum atomic E-state index is -4.06. The van der Waals surface area contributed by atoms with Crippen LogP contribution in [0, 0.1) is 23.1 Å². The molecule has 2 aliphatic heterocycles. The molecule has 1 aromatic carbocycles. The predicted molar refractivity (Wildman–Crippen MR) is 229 cm³/mol. The second-order valence-corrected chi connectivity index (χ2v) is 21.4. The van der Waals surface area contributed by atoms with Gasteiger partial charge in [0.2, 0.25) is 27.7 Å². The Balaban J connectivity index is 1.16. The number of fused-ring (bicyclic) bond motifs is 5. The molecular formula is C45H58FN7O9S. The number of alkyl carbamates (subject to hydrolysis) is 1. The van der Waals surface area contributed by atoms with E-state index < -0.39 is 79.5 Å². The number of carbonyl (C=O) groups is 4. The van der Waals surface area contributed by atoms with Crippen LogP contribution in [-0.4, -0.2) is 99.4 Å². The van der Waals surface area contributed by atoms with Gasteiger partial charge in [0.1, 0.15) is 53.5 Å². The Labute approximate surface area is 367 Å². The highest BCUT2D eigenvalue weighted by Crippen LogP contribution is 2.45. The normalized spacial score (nSPS) is 28.4. The molecule has 3 saturated carbocycles. The fourth-order valence-electron chi connectivity index (χ4n) is 9.08. The highest BCUT2D eigenvalue weighted by Gasteiger charge is 2.58. The van der Waals surface area contributed by atoms with Gasteiger partial charge in [-0.1, -0.05) is 45.8 Å². The maximum Gasteiger partial charge on any atom is 0.408 e. The number of carbonyl (C=O) groups excluding carboxylic acids is 4. The Hall–Kier alpha value is -5.26. The summed E-state index contributed by atoms with van der Waals surface area (Å²) in [5, 5.41) is 6.15. The molecule has 0 unspecified atom stereocenters. The summed E-state index contributed by atoms with van der Waals surface area (Å²) in [4.78, 5) is 67.3. The summed E-state index contributed by atoms with van der Waals surface area (Å²) in [7, 11) is -4.06. The number of imidazole rings is 1. The van der Waals surface area contributed by atoms with Gasteiger partial charge in [0.25, 0.3) is 5.91 Å². The van der Waals surface area contributed by atoms with E-state index in [1.165, 1.54) is 17.0 Å². The molecule has 3 N–H and O–H groups in total. The number of amides is 4. The topological polar surface area (TPSA) is 200 Å². The summed E-state index contributed by atoms with van der Waals surface area (Å²) in [6, 6.07) is 2.27. The molecule has 63 heavy (non-hydrogen) atoms. The molecule has 4 fully saturated rings. The third kappa shape index (κ3) is 8.96. The minimum absolute atomic E-state index is 0.0370. The Morgan fingerprint density at radius 3 is 2.59 bits per heavy atom. The largest absolute Gasteiger partial charge is 0.491 e. The van der Waals surface area contributed by atoms with Crippen LogP contribution < -0.4 is 24.8 Å². The van der Waals surface area contributed by atoms with Gasteiger partial charge in [-0.2, -0.15) is 0 Å². The number of aromatic nitrogens is 3. The van der Waals surface area contributed by atoms with Crippen LogP contribution >= 0.6 is 0 Å². The number of hydrogen-bond donors (Lipinski definition) is 3. The molecule has 4 heterocycles. The molecule has 4 amide bonds. The quantitative estimate of drug-likeness (QED) is 0.229. The number of nitrogens with zero attached hydrogens (tertiary/aromatic N) is 4. The number of pyridine rings is 1. The van der Waals surface area contributed by atoms with Crippen molar-refractivity contribution >= 4 is 44.7 Å². The molecule has 1 saturated heterocycles. The van der Waals surface area contributed by atoms with Crippen molar-refractivity contribution in [3.63, 3.8) is 0 Å². The van der Waals surface area contributed by atoms with E-state index >= 15 is 4.39 Å². The van der Waals surface area contributed by atoms with E-state index in [9.17, 15) is 27.6 Å². The van der Waals surface area contributed by atoms with E-state index in [2.05, 4.69) is 26.9 Å². The Kier molecular flexibility index (Phi) is 12.0. The molecule has 3 aliphatic carbocycles. The number of benzene rings is 1. The number of sulfonamides is 1. The van der Waals surface area contributed by atoms with Crippen LogP contribution in [0.15, 0.2) is 49.6 Å². The Morgan fingerprint density at radius 1 is 1.11 bits per heavy atom. The molecule has 7 atom stereocenters. The number of ether oxygens (including phenoxy) is 3. The van der Waals surface area contributed by atoms with Gasteiger partial charge in [-0.05, 0) is 81.8 Å². The molecule has 0 radical (unpaired) electrons. The van der Waals surface area contributed by atoms with Gasteiger partial charge in [0.15, 0.2) is 0 Å². The number of halogens is 1. The van der Waals surface area contributed by atoms with Gasteiger partial charge in [-0.3, -0.25) is 19.1 Å². The zero-order chi connectivity index (χ0) is 44.9. The fourth-order valence-corrected chi connectivity index (χ4v) is 10.4. The average molecular weight is 892 g/mol. The van der Waals surface area contributed by atoms with Crippen molar-refractivity contribution in [1.29, 1.82) is 0 Å². The number of hydrogen-bond acceptors (Lipinski definition) is 11. The van der Waals surface area contributed by atoms with Crippen molar-refractivity contribution in [3.05, 3.63) is 61.0 Å². The van der Waals surface area contributed by atoms with E-state index in [0.717, 1.165) is 19.3 Å². The van der Waals surface area contributed by atoms with Gasteiger partial charge >= 0.3 is 6.09 Å². The Bertz CT molecular complexity index is 2380. The molecule has 2 bridgehead atoms. The van der Waals surface area contributed by atoms with Crippen LogP contribution in [0.2, 0.25) is 0 Å². The number of nitrogens with one attached hydrogen (secondary N) is 3. The van der Waals surface area contributed by atoms with E-state index in [4.69, 9.17) is 19.2 Å². The summed E-state index contributed by atoms with van der Waals surface area (Å²) in [5.74, 6) is -2.62. The minimum Gasteiger partial charge on any atom is -0.491 e. The molecule has 16 nitrogen and oxygen atoms in total. The Morgan fingerprint density at radius 2 is 1.90 bits per heavy atom. The van der Waals surface area contributed by atoms with Crippen molar-refractivity contribution in [2.24, 2.45) is 17.3 Å². The summed E-state index contributed by atoms with van der Waals surface area (Å²) in [6.45, 7) is 11.4. The lowest BCUT2D eigenvalue weighted by molar-refractivity contribution is -0.145. The second kappa shape index (κ2) is 17.0. The number of rotatable bonds is 10. The van der Waals surface area contributed by atoms with Crippen molar-refractivity contribution < 1.29 is 46.2 Å². The lowest BCUT2D eigenvalue weighted by Crippen LogP contribution is -2.70. The van der Waals surface area contributed by atoms with E-state index in [-0.39, 0.29) is 49.4 Å². The summed E-state index contributed by atoms with van der Waals surface area (Å²) < 4.78 is 64.2. The molecule has 340 valence electrons. The second-order valence-electron chi connectivity index (χ2n) is 19.2. The smallest absolute Gasteiger partial charge is 0.408 e. The van der Waals surface area contributed by atoms with Crippen molar-refractivity contribution in [3.8, 4) is 11.6 Å². The first kappa shape index (κ1) is 44.4. The molecule has 5 aliphatic rings. The maximum absolute atomic E-state index is 15.7. The van der Waals surface area contributed by atoms with E-state index in [1.807, 2.05) is 10.8 Å². The first-order valence-electron chi connectivity index (χ1n) is 22.1. The van der Waals surface area contributed by atoms with Gasteiger partial charge in [-0.25, -0.2) is 27.6 Å². The fraction of sp³-hybridized carbons (Fsp3) is 0.600. The van der Waals surface area contributed by atoms with Crippen LogP contribution in [0.1, 0.15) is 97.5 Å². The van der Waals surface area contributed by atoms with Gasteiger partial charge < -0.3 is 34.3 Å². The zero-order valence-corrected chi connectivity index (χ0v) is 37.2. The molecular weight excluding hydrogens is 834 g/mol. The van der Waals surface area contributed by atoms with Gasteiger partial charge in [-0.15, -0.1) is 6.58 Å². The van der Waals surface area contributed by atoms with Crippen molar-refractivity contribution in [2.45, 2.75) is 139 Å². The van der Waals surface area contributed by atoms with Gasteiger partial charge in [0, 0.05) is 30.1 Å². The highest BCUT2D eigenvalue weighted by atomic mass is 32.2. The summed E-state index contributed by atoms with van der Waals surface area (Å²) in [5.41, 5.74) is -1.85. The third-order valence-electron chi connectivity index (χ3n) is 13.6. The standard InChI is InChI=1S/C45H58FN7O9S/c1-6-28-15-16-45(28,41(56)51-63(58,59)44(5)17-18-44)50-38(54)33-24-29-25-53(33)40(55)37(43(2,3)4)49-42(57)62-34-23-27(34)11-8-7-9-12-31-36(60-22-21-52-20-19-47-26-52)30-13-10-14-32(46)35(30)48-39(31)61-29/h6,10,13-14,19-20,26-29,33-34,37H,1,7-9,11-12,15-18,21-25H2,2-5H3,(H,49,57)(H,50,54)(H,51,56)/t27-,28-,29-,33+,34-,37-,45-/m1/s1. The summed E-state index contributed by atoms with van der Waals surface area (Å²) in [6.07, 6.45) is 10.6. The summed E-state index contributed by atoms with van der Waals surface area (Å²) >= 11 is 0. The maximum atomic E-state index is 15.7. The highest BCUT2D eigenvalue weighted by molar-refractivity contribution is 7.91. The first-order valence-corrected chi connectivity index (χ1v) is 23.6. The van der Waals surface area contributed by atoms with Crippen LogP contribution in [0.4, 0.5) is 9.18 Å². The van der Waals surface area contributed by atoms with Crippen LogP contribution in [0.3, 0.4) is 0 Å². The zero-order valence-electron chi connectivity index (χ0n) is 36.4. The average Bonchev–Trinajstić information content (AvgIpc) is 4.01. The molecule has 0 spiro atoms. The van der Waals surface area contributed by atoms with Crippen LogP contribution in [0.5, 0.6) is 11.6 Å². The predicted octanol–water partition coefficient (Wildman–Crippen LogP) is 5.09. The van der Waals surface area contributed by atoms with Crippen molar-refractivity contribution in [1.82, 2.24) is 34.8 Å². The molecule has 2 aromatic heterocycles. The lowest BCUT2D eigenvalue weighted by Gasteiger charge is -2.47. The van der Waals surface area contributed by atoms with E-state index in [0.29, 0.717) is 61.8 Å². The van der Waals surface area contributed by atoms with Crippen LogP contribution in [0.25, 0.3) is 10.9 Å². The first-order chi connectivity index (χ1) is 29.9. The van der Waals surface area contributed by atoms with Gasteiger partial charge in [0.05, 0.1) is 29.7 Å². The lowest BCUT2D eigenvalue weighted by atomic mass is 9.66. The van der Waals surface area contributed by atoms with E-state index in [1.54, 1.807) is 52.4 Å².